The van der Waals surface area contributed by atoms with Gasteiger partial charge in [-0.15, -0.1) is 0 Å². The van der Waals surface area contributed by atoms with Crippen molar-refractivity contribution in [2.75, 3.05) is 0 Å². The molecule has 0 bridgehead atoms. The summed E-state index contributed by atoms with van der Waals surface area (Å²) in [5.74, 6) is 0. The summed E-state index contributed by atoms with van der Waals surface area (Å²) >= 11 is 0. The van der Waals surface area contributed by atoms with Gasteiger partial charge in [0.1, 0.15) is 0 Å². The molecule has 0 aliphatic carbocycles. The molecule has 4 heavy (non-hydrogen) atoms. The smallest absolute Gasteiger partial charge is 0.512 e. The third-order valence-corrected chi connectivity index (χ3v) is 0. The Morgan fingerprint density at radius 3 is 1.25 bits per heavy atom. The molecule has 0 saturated carbocycles. The Bertz CT molecular complexity index is 12.8. The maximum absolute atomic E-state index is 6.25. The molecule has 0 aliphatic heterocycles. The van der Waals surface area contributed by atoms with Crippen LogP contribution in [0.1, 0.15) is 0 Å². The van der Waals surface area contributed by atoms with E-state index in [0.717, 1.165) is 0 Å². The van der Waals surface area contributed by atoms with E-state index in [4.69, 9.17) is 11.8 Å². The van der Waals surface area contributed by atoms with Crippen LogP contribution in [0.2, 0.25) is 0 Å². The summed E-state index contributed by atoms with van der Waals surface area (Å²) in [6, 6.07) is 0. The minimum Gasteiger partial charge on any atom is -0.512 e. The van der Waals surface area contributed by atoms with Crippen LogP contribution in [0.15, 0.2) is 0 Å². The monoisotopic (exact) mass is 230 g/mol. The Hall–Kier alpha value is 0.828. The minimum atomic E-state index is 0. The quantitative estimate of drug-likeness (QED) is 0.323. The van der Waals surface area contributed by atoms with Gasteiger partial charge in [-0.1, -0.05) is 0 Å². The van der Waals surface area contributed by atoms with Gasteiger partial charge in [0.2, 0.25) is 0 Å². The first kappa shape index (κ1) is 21.2. The maximum Gasteiger partial charge on any atom is 1.00 e. The fourth-order valence-electron chi connectivity index (χ4n) is 0. The average Bonchev–Trinajstić information content (AvgIpc) is 1.00. The van der Waals surface area contributed by atoms with Crippen molar-refractivity contribution in [1.82, 2.24) is 0 Å². The van der Waals surface area contributed by atoms with Crippen molar-refractivity contribution in [1.29, 1.82) is 5.26 Å². The second-order valence-corrected chi connectivity index (χ2v) is 0. The van der Waals surface area contributed by atoms with Crippen LogP contribution in [0, 0.1) is 11.8 Å². The summed E-state index contributed by atoms with van der Waals surface area (Å²) in [7, 11) is 0. The summed E-state index contributed by atoms with van der Waals surface area (Å²) in [6.45, 7) is 4.75. The van der Waals surface area contributed by atoms with Crippen LogP contribution >= 0.6 is 0 Å². The molecular formula is CAuLiN+. The molecule has 0 rings (SSSR count). The van der Waals surface area contributed by atoms with Gasteiger partial charge in [0.25, 0.3) is 0 Å². The van der Waals surface area contributed by atoms with Crippen molar-refractivity contribution >= 4 is 0 Å². The van der Waals surface area contributed by atoms with Gasteiger partial charge in [-0.3, -0.25) is 0 Å². The van der Waals surface area contributed by atoms with Gasteiger partial charge in [-0.05, 0) is 0 Å². The number of nitrogens with zero attached hydrogens (tertiary/aromatic N) is 1. The van der Waals surface area contributed by atoms with E-state index in [0.29, 0.717) is 0 Å². The van der Waals surface area contributed by atoms with E-state index in [1.54, 1.807) is 0 Å². The van der Waals surface area contributed by atoms with E-state index in [1.807, 2.05) is 0 Å². The molecule has 3 heteroatoms. The molecule has 0 aliphatic rings. The molecule has 20 valence electrons. The van der Waals surface area contributed by atoms with E-state index in [2.05, 4.69) is 0 Å². The van der Waals surface area contributed by atoms with Gasteiger partial charge in [0.05, 0.1) is 0 Å². The SMILES string of the molecule is [Au+].[C-]#N.[Li+]. The first-order valence-electron chi connectivity index (χ1n) is 0.224. The fraction of sp³-hybridized carbons (Fsp3) is 0. The van der Waals surface area contributed by atoms with Crippen LogP contribution in [-0.4, -0.2) is 0 Å². The molecule has 0 amide bonds. The van der Waals surface area contributed by atoms with Crippen LogP contribution in [-0.2, 0) is 22.4 Å². The van der Waals surface area contributed by atoms with Gasteiger partial charge < -0.3 is 11.8 Å². The first-order chi connectivity index (χ1) is 1.00. The minimum absolute atomic E-state index is 0. The van der Waals surface area contributed by atoms with Crippen molar-refractivity contribution in [2.24, 2.45) is 0 Å². The molecule has 0 unspecified atom stereocenters. The van der Waals surface area contributed by atoms with E-state index in [9.17, 15) is 0 Å². The molecule has 0 radical (unpaired) electrons. The third-order valence-electron chi connectivity index (χ3n) is 0. The maximum atomic E-state index is 6.25. The normalized spacial score (nSPS) is 0.500. The summed E-state index contributed by atoms with van der Waals surface area (Å²) in [5, 5.41) is 6.25. The van der Waals surface area contributed by atoms with Crippen LogP contribution < -0.4 is 18.9 Å². The molecular weight excluding hydrogens is 230 g/mol. The van der Waals surface area contributed by atoms with Gasteiger partial charge in [-0.2, -0.15) is 0 Å². The molecule has 0 aromatic carbocycles. The Balaban J connectivity index is -0.00000000500. The van der Waals surface area contributed by atoms with Crippen molar-refractivity contribution in [3.8, 4) is 0 Å². The molecule has 0 saturated heterocycles. The largest absolute Gasteiger partial charge is 1.00 e. The van der Waals surface area contributed by atoms with Gasteiger partial charge in [-0.25, -0.2) is 0 Å². The molecule has 0 N–H and O–H groups in total. The summed E-state index contributed by atoms with van der Waals surface area (Å²) in [5.41, 5.74) is 0. The van der Waals surface area contributed by atoms with Crippen LogP contribution in [0.5, 0.6) is 0 Å². The molecule has 0 spiro atoms. The van der Waals surface area contributed by atoms with E-state index in [-0.39, 0.29) is 41.2 Å². The van der Waals surface area contributed by atoms with E-state index < -0.39 is 0 Å². The zero-order valence-corrected chi connectivity index (χ0v) is 4.42. The van der Waals surface area contributed by atoms with Crippen molar-refractivity contribution in [2.45, 2.75) is 0 Å². The van der Waals surface area contributed by atoms with E-state index >= 15 is 0 Å². The van der Waals surface area contributed by atoms with Crippen molar-refractivity contribution in [3.05, 3.63) is 6.57 Å². The Morgan fingerprint density at radius 1 is 1.25 bits per heavy atom. The predicted octanol–water partition coefficient (Wildman–Crippen LogP) is -2.90. The topological polar surface area (TPSA) is 23.8 Å². The Kier molecular flexibility index (Phi) is 237. The third kappa shape index (κ3) is 13.8. The second-order valence-electron chi connectivity index (χ2n) is 0. The van der Waals surface area contributed by atoms with Crippen LogP contribution in [0.4, 0.5) is 0 Å². The molecule has 0 aromatic rings. The zero-order chi connectivity index (χ0) is 2.00. The number of rotatable bonds is 0. The summed E-state index contributed by atoms with van der Waals surface area (Å²) in [6.07, 6.45) is 0. The van der Waals surface area contributed by atoms with Gasteiger partial charge in [0, 0.05) is 0 Å². The first-order valence-corrected chi connectivity index (χ1v) is 0.224. The van der Waals surface area contributed by atoms with E-state index in [1.165, 1.54) is 0 Å². The predicted molar refractivity (Wildman–Crippen MR) is 4.97 cm³/mol. The summed E-state index contributed by atoms with van der Waals surface area (Å²) < 4.78 is 0. The number of hydrogen-bond acceptors (Lipinski definition) is 1. The molecule has 0 heterocycles. The van der Waals surface area contributed by atoms with Crippen molar-refractivity contribution in [3.63, 3.8) is 0 Å². The Labute approximate surface area is 53.1 Å². The zero-order valence-electron chi connectivity index (χ0n) is 2.25. The van der Waals surface area contributed by atoms with Gasteiger partial charge >= 0.3 is 41.2 Å². The average molecular weight is 230 g/mol. The van der Waals surface area contributed by atoms with Gasteiger partial charge in [0.15, 0.2) is 0 Å². The molecule has 0 fully saturated rings. The number of hydrogen-bond donors (Lipinski definition) is 0. The van der Waals surface area contributed by atoms with Crippen LogP contribution in [0.3, 0.4) is 0 Å². The summed E-state index contributed by atoms with van der Waals surface area (Å²) in [4.78, 5) is 0. The molecule has 0 aromatic heterocycles. The fourth-order valence-corrected chi connectivity index (χ4v) is 0. The van der Waals surface area contributed by atoms with Crippen molar-refractivity contribution < 1.29 is 41.2 Å². The molecule has 1 nitrogen and oxygen atoms in total. The molecule has 0 atom stereocenters. The standard InChI is InChI=1S/CN.Au.Li/c1-2;;/q-1;2*+1. The van der Waals surface area contributed by atoms with Crippen LogP contribution in [0.25, 0.3) is 0 Å². The Morgan fingerprint density at radius 2 is 1.25 bits per heavy atom. The second kappa shape index (κ2) is 44.7.